The molecule has 8 nitrogen and oxygen atoms in total. The smallest absolute Gasteiger partial charge is 0.305 e. The third kappa shape index (κ3) is 2.48. The summed E-state index contributed by atoms with van der Waals surface area (Å²) in [4.78, 5) is 50.3. The van der Waals surface area contributed by atoms with Gasteiger partial charge in [0.1, 0.15) is 0 Å². The van der Waals surface area contributed by atoms with E-state index in [4.69, 9.17) is 14.2 Å². The van der Waals surface area contributed by atoms with E-state index in [1.165, 1.54) is 0 Å². The number of rotatable bonds is 4. The van der Waals surface area contributed by atoms with Crippen LogP contribution in [0.4, 0.5) is 5.69 Å². The molecule has 0 radical (unpaired) electrons. The van der Waals surface area contributed by atoms with E-state index in [0.717, 1.165) is 18.7 Å². The number of fused-ring (bicyclic) bond motifs is 5. The first-order valence-corrected chi connectivity index (χ1v) is 8.49. The third-order valence-electron chi connectivity index (χ3n) is 5.01. The first-order chi connectivity index (χ1) is 12.8. The second-order valence-electron chi connectivity index (χ2n) is 6.70. The van der Waals surface area contributed by atoms with Crippen molar-refractivity contribution in [2.24, 2.45) is 11.8 Å². The first-order valence-electron chi connectivity index (χ1n) is 8.49. The van der Waals surface area contributed by atoms with Gasteiger partial charge in [0, 0.05) is 13.8 Å². The van der Waals surface area contributed by atoms with Gasteiger partial charge in [0.15, 0.2) is 5.60 Å². The number of para-hydroxylation sites is 1. The van der Waals surface area contributed by atoms with Crippen molar-refractivity contribution < 1.29 is 33.4 Å². The van der Waals surface area contributed by atoms with Crippen LogP contribution in [0.1, 0.15) is 13.8 Å². The fourth-order valence-electron chi connectivity index (χ4n) is 4.05. The molecule has 1 aromatic carbocycles. The summed E-state index contributed by atoms with van der Waals surface area (Å²) >= 11 is 0. The Morgan fingerprint density at radius 3 is 2.30 bits per heavy atom. The Kier molecular flexibility index (Phi) is 3.88. The summed E-state index contributed by atoms with van der Waals surface area (Å²) in [5, 5.41) is 0. The minimum absolute atomic E-state index is 0.392. The summed E-state index contributed by atoms with van der Waals surface area (Å²) in [6.45, 7) is 2.32. The molecular formula is C19H17NO7. The molecule has 2 bridgehead atoms. The highest BCUT2D eigenvalue weighted by atomic mass is 16.7. The molecule has 1 aromatic rings. The van der Waals surface area contributed by atoms with E-state index in [9.17, 15) is 19.2 Å². The van der Waals surface area contributed by atoms with Gasteiger partial charge < -0.3 is 14.2 Å². The third-order valence-corrected chi connectivity index (χ3v) is 5.01. The van der Waals surface area contributed by atoms with Gasteiger partial charge in [0.2, 0.25) is 11.8 Å². The van der Waals surface area contributed by atoms with E-state index in [1.807, 2.05) is 0 Å². The van der Waals surface area contributed by atoms with Crippen molar-refractivity contribution in [2.45, 2.75) is 31.8 Å². The zero-order valence-corrected chi connectivity index (χ0v) is 14.7. The largest absolute Gasteiger partial charge is 0.422 e. The van der Waals surface area contributed by atoms with Gasteiger partial charge in [-0.3, -0.25) is 19.2 Å². The molecule has 0 spiro atoms. The SMILES string of the molecule is CC(=O)OC(OC(C)=O)[C@@]12C=C[C@H](O1)[C@H]1C(=O)N(c3ccccc3)C(=O)[C@@H]12. The van der Waals surface area contributed by atoms with Crippen LogP contribution in [0.2, 0.25) is 0 Å². The molecule has 0 aliphatic carbocycles. The van der Waals surface area contributed by atoms with E-state index < -0.39 is 53.6 Å². The summed E-state index contributed by atoms with van der Waals surface area (Å²) in [5.41, 5.74) is -1.07. The van der Waals surface area contributed by atoms with Gasteiger partial charge >= 0.3 is 11.9 Å². The molecule has 2 fully saturated rings. The number of imide groups is 1. The molecule has 140 valence electrons. The van der Waals surface area contributed by atoms with Gasteiger partial charge in [-0.25, -0.2) is 4.90 Å². The zero-order chi connectivity index (χ0) is 19.3. The van der Waals surface area contributed by atoms with Gasteiger partial charge in [0.05, 0.1) is 23.6 Å². The quantitative estimate of drug-likeness (QED) is 0.336. The molecule has 0 aromatic heterocycles. The topological polar surface area (TPSA) is 99.2 Å². The number of benzene rings is 1. The Morgan fingerprint density at radius 1 is 1.07 bits per heavy atom. The molecule has 4 atom stereocenters. The van der Waals surface area contributed by atoms with Crippen LogP contribution >= 0.6 is 0 Å². The Balaban J connectivity index is 1.75. The van der Waals surface area contributed by atoms with Crippen LogP contribution in [0.5, 0.6) is 0 Å². The van der Waals surface area contributed by atoms with Crippen LogP contribution < -0.4 is 4.90 Å². The monoisotopic (exact) mass is 371 g/mol. The number of carbonyl (C=O) groups excluding carboxylic acids is 4. The van der Waals surface area contributed by atoms with Gasteiger partial charge in [0.25, 0.3) is 6.29 Å². The molecule has 0 saturated carbocycles. The lowest BCUT2D eigenvalue weighted by Crippen LogP contribution is -2.52. The van der Waals surface area contributed by atoms with Crippen molar-refractivity contribution in [1.29, 1.82) is 0 Å². The van der Waals surface area contributed by atoms with Crippen molar-refractivity contribution >= 4 is 29.4 Å². The molecule has 3 aliphatic heterocycles. The lowest BCUT2D eigenvalue weighted by molar-refractivity contribution is -0.226. The average Bonchev–Trinajstić information content (AvgIpc) is 3.26. The molecule has 27 heavy (non-hydrogen) atoms. The maximum atomic E-state index is 13.2. The Bertz CT molecular complexity index is 848. The normalized spacial score (nSPS) is 30.8. The molecule has 8 heteroatoms. The van der Waals surface area contributed by atoms with Crippen LogP contribution in [-0.4, -0.2) is 41.7 Å². The summed E-state index contributed by atoms with van der Waals surface area (Å²) in [6, 6.07) is 8.56. The Hall–Kier alpha value is -3.00. The minimum atomic E-state index is -1.52. The Morgan fingerprint density at radius 2 is 1.70 bits per heavy atom. The van der Waals surface area contributed by atoms with E-state index in [-0.39, 0.29) is 0 Å². The van der Waals surface area contributed by atoms with Crippen LogP contribution in [0.15, 0.2) is 42.5 Å². The molecule has 2 saturated heterocycles. The summed E-state index contributed by atoms with van der Waals surface area (Å²) in [7, 11) is 0. The van der Waals surface area contributed by atoms with Crippen LogP contribution in [-0.2, 0) is 33.4 Å². The fraction of sp³-hybridized carbons (Fsp3) is 0.368. The number of hydrogen-bond acceptors (Lipinski definition) is 7. The van der Waals surface area contributed by atoms with Gasteiger partial charge in [-0.15, -0.1) is 0 Å². The van der Waals surface area contributed by atoms with Crippen molar-refractivity contribution in [3.63, 3.8) is 0 Å². The van der Waals surface area contributed by atoms with E-state index >= 15 is 0 Å². The molecule has 0 unspecified atom stereocenters. The number of carbonyl (C=O) groups is 4. The standard InChI is InChI=1S/C19H17NO7/c1-10(21)25-18(26-11(2)22)19-9-8-13(27-19)14-15(19)17(24)20(16(14)23)12-6-4-3-5-7-12/h3-9,13-15,18H,1-2H3/t13-,14+,15+,19-/m0/s1. The molecule has 2 amide bonds. The Labute approximate surface area is 154 Å². The number of nitrogens with zero attached hydrogens (tertiary/aromatic N) is 1. The molecule has 3 aliphatic rings. The van der Waals surface area contributed by atoms with Crippen molar-refractivity contribution in [3.8, 4) is 0 Å². The van der Waals surface area contributed by atoms with Gasteiger partial charge in [-0.2, -0.15) is 0 Å². The predicted molar refractivity (Wildman–Crippen MR) is 90.0 cm³/mol. The number of ether oxygens (including phenoxy) is 3. The van der Waals surface area contributed by atoms with E-state index in [2.05, 4.69) is 0 Å². The van der Waals surface area contributed by atoms with E-state index in [1.54, 1.807) is 42.5 Å². The number of amides is 2. The maximum Gasteiger partial charge on any atom is 0.305 e. The average molecular weight is 371 g/mol. The number of esters is 2. The van der Waals surface area contributed by atoms with Crippen LogP contribution in [0.25, 0.3) is 0 Å². The fourth-order valence-corrected chi connectivity index (χ4v) is 4.05. The minimum Gasteiger partial charge on any atom is -0.422 e. The highest BCUT2D eigenvalue weighted by Crippen LogP contribution is 2.54. The predicted octanol–water partition coefficient (Wildman–Crippen LogP) is 0.952. The maximum absolute atomic E-state index is 13.2. The number of anilines is 1. The van der Waals surface area contributed by atoms with Crippen molar-refractivity contribution in [2.75, 3.05) is 4.90 Å². The first kappa shape index (κ1) is 17.4. The highest BCUT2D eigenvalue weighted by molar-refractivity contribution is 6.23. The summed E-state index contributed by atoms with van der Waals surface area (Å²) in [6.07, 6.45) is 1.07. The molecule has 3 heterocycles. The summed E-state index contributed by atoms with van der Waals surface area (Å²) < 4.78 is 16.2. The summed E-state index contributed by atoms with van der Waals surface area (Å²) in [5.74, 6) is -3.99. The molecule has 0 N–H and O–H groups in total. The van der Waals surface area contributed by atoms with Crippen molar-refractivity contribution in [1.82, 2.24) is 0 Å². The second-order valence-corrected chi connectivity index (χ2v) is 6.70. The van der Waals surface area contributed by atoms with Gasteiger partial charge in [-0.1, -0.05) is 24.3 Å². The van der Waals surface area contributed by atoms with Gasteiger partial charge in [-0.05, 0) is 18.2 Å². The lowest BCUT2D eigenvalue weighted by atomic mass is 9.76. The second kappa shape index (κ2) is 6.02. The van der Waals surface area contributed by atoms with Crippen LogP contribution in [0.3, 0.4) is 0 Å². The number of hydrogen-bond donors (Lipinski definition) is 0. The van der Waals surface area contributed by atoms with Crippen molar-refractivity contribution in [3.05, 3.63) is 42.5 Å². The zero-order valence-electron chi connectivity index (χ0n) is 14.7. The van der Waals surface area contributed by atoms with Crippen LogP contribution in [0, 0.1) is 11.8 Å². The highest BCUT2D eigenvalue weighted by Gasteiger charge is 2.72. The lowest BCUT2D eigenvalue weighted by Gasteiger charge is -2.34. The molecular weight excluding hydrogens is 354 g/mol. The van der Waals surface area contributed by atoms with E-state index in [0.29, 0.717) is 5.69 Å². The molecule has 4 rings (SSSR count).